The molecule has 6 atom stereocenters. The summed E-state index contributed by atoms with van der Waals surface area (Å²) >= 11 is 0. The molecular weight excluding hydrogens is 504 g/mol. The van der Waals surface area contributed by atoms with Crippen molar-refractivity contribution in [1.82, 2.24) is 0 Å². The molecule has 0 bridgehead atoms. The molecule has 0 amide bonds. The minimum atomic E-state index is -1.59. The second-order valence-electron chi connectivity index (χ2n) is 9.15. The molecule has 39 heavy (non-hydrogen) atoms. The SMILES string of the molecule is COC(O)C1CO[C@H](O)C(OC(=O)c2ccccc2)C(COCc2ccccc2)[C@@H]1OC(=O)c1ccccc1. The van der Waals surface area contributed by atoms with Gasteiger partial charge in [0.05, 0.1) is 42.8 Å². The predicted octanol–water partition coefficient (Wildman–Crippen LogP) is 3.20. The molecule has 0 aliphatic carbocycles. The number of carbonyl (C=O) groups is 2. The second-order valence-corrected chi connectivity index (χ2v) is 9.15. The minimum absolute atomic E-state index is 0.0955. The number of benzene rings is 3. The third kappa shape index (κ3) is 7.50. The zero-order valence-electron chi connectivity index (χ0n) is 21.5. The maximum absolute atomic E-state index is 13.2. The van der Waals surface area contributed by atoms with Gasteiger partial charge in [0.25, 0.3) is 0 Å². The van der Waals surface area contributed by atoms with Crippen molar-refractivity contribution in [2.45, 2.75) is 31.4 Å². The molecule has 9 heteroatoms. The van der Waals surface area contributed by atoms with Gasteiger partial charge in [-0.25, -0.2) is 9.59 Å². The summed E-state index contributed by atoms with van der Waals surface area (Å²) in [5.41, 5.74) is 1.45. The van der Waals surface area contributed by atoms with Crippen LogP contribution in [0.3, 0.4) is 0 Å². The lowest BCUT2D eigenvalue weighted by molar-refractivity contribution is -0.183. The number of carbonyl (C=O) groups excluding carboxylic acids is 2. The molecule has 3 aromatic rings. The molecule has 1 fully saturated rings. The van der Waals surface area contributed by atoms with Crippen LogP contribution >= 0.6 is 0 Å². The largest absolute Gasteiger partial charge is 0.458 e. The van der Waals surface area contributed by atoms with Gasteiger partial charge in [-0.3, -0.25) is 0 Å². The Bertz CT molecular complexity index is 1170. The van der Waals surface area contributed by atoms with Crippen LogP contribution in [0.25, 0.3) is 0 Å². The van der Waals surface area contributed by atoms with Gasteiger partial charge >= 0.3 is 11.9 Å². The highest BCUT2D eigenvalue weighted by atomic mass is 16.7. The quantitative estimate of drug-likeness (QED) is 0.297. The Morgan fingerprint density at radius 2 is 1.36 bits per heavy atom. The van der Waals surface area contributed by atoms with Gasteiger partial charge in [0, 0.05) is 7.11 Å². The maximum atomic E-state index is 13.2. The monoisotopic (exact) mass is 536 g/mol. The lowest BCUT2D eigenvalue weighted by Crippen LogP contribution is -2.49. The van der Waals surface area contributed by atoms with E-state index in [1.54, 1.807) is 60.7 Å². The maximum Gasteiger partial charge on any atom is 0.338 e. The van der Waals surface area contributed by atoms with Gasteiger partial charge < -0.3 is 33.9 Å². The summed E-state index contributed by atoms with van der Waals surface area (Å²) in [5, 5.41) is 21.6. The minimum Gasteiger partial charge on any atom is -0.458 e. The number of esters is 2. The first-order valence-electron chi connectivity index (χ1n) is 12.6. The molecule has 4 rings (SSSR count). The van der Waals surface area contributed by atoms with Crippen LogP contribution in [0.5, 0.6) is 0 Å². The van der Waals surface area contributed by atoms with Crippen molar-refractivity contribution in [2.24, 2.45) is 11.8 Å². The van der Waals surface area contributed by atoms with Crippen molar-refractivity contribution in [1.29, 1.82) is 0 Å². The summed E-state index contributed by atoms with van der Waals surface area (Å²) in [6.45, 7) is -0.121. The Morgan fingerprint density at radius 1 is 0.846 bits per heavy atom. The van der Waals surface area contributed by atoms with E-state index in [2.05, 4.69) is 0 Å². The number of aliphatic hydroxyl groups excluding tert-OH is 2. The number of rotatable bonds is 10. The van der Waals surface area contributed by atoms with Gasteiger partial charge in [-0.15, -0.1) is 0 Å². The van der Waals surface area contributed by atoms with Crippen molar-refractivity contribution < 1.29 is 43.5 Å². The van der Waals surface area contributed by atoms with E-state index < -0.39 is 48.6 Å². The topological polar surface area (TPSA) is 121 Å². The molecule has 3 aromatic carbocycles. The van der Waals surface area contributed by atoms with Gasteiger partial charge in [-0.05, 0) is 29.8 Å². The Labute approximate surface area is 226 Å². The summed E-state index contributed by atoms with van der Waals surface area (Å²) in [4.78, 5) is 26.2. The average molecular weight is 537 g/mol. The Hall–Kier alpha value is -3.60. The van der Waals surface area contributed by atoms with Gasteiger partial charge in [-0.1, -0.05) is 66.7 Å². The molecule has 4 unspecified atom stereocenters. The summed E-state index contributed by atoms with van der Waals surface area (Å²) in [5.74, 6) is -3.22. The molecule has 1 aliphatic heterocycles. The second kappa shape index (κ2) is 14.0. The molecule has 9 nitrogen and oxygen atoms in total. The molecule has 206 valence electrons. The van der Waals surface area contributed by atoms with Crippen LogP contribution in [0, 0.1) is 11.8 Å². The lowest BCUT2D eigenvalue weighted by Gasteiger charge is -2.35. The van der Waals surface area contributed by atoms with Gasteiger partial charge in [0.1, 0.15) is 6.10 Å². The normalized spacial score (nSPS) is 23.8. The lowest BCUT2D eigenvalue weighted by atomic mass is 9.87. The number of methoxy groups -OCH3 is 1. The summed E-state index contributed by atoms with van der Waals surface area (Å²) < 4.78 is 28.4. The Morgan fingerprint density at radius 3 is 1.90 bits per heavy atom. The van der Waals surface area contributed by atoms with Gasteiger partial charge in [0.2, 0.25) is 0 Å². The smallest absolute Gasteiger partial charge is 0.338 e. The van der Waals surface area contributed by atoms with Crippen LogP contribution in [0.1, 0.15) is 26.3 Å². The van der Waals surface area contributed by atoms with E-state index in [9.17, 15) is 19.8 Å². The fourth-order valence-corrected chi connectivity index (χ4v) is 4.46. The Kier molecular flexibility index (Phi) is 10.2. The van der Waals surface area contributed by atoms with Gasteiger partial charge in [-0.2, -0.15) is 0 Å². The average Bonchev–Trinajstić information content (AvgIpc) is 3.10. The van der Waals surface area contributed by atoms with E-state index in [1.165, 1.54) is 7.11 Å². The van der Waals surface area contributed by atoms with E-state index in [4.69, 9.17) is 23.7 Å². The molecule has 2 N–H and O–H groups in total. The molecule has 1 aliphatic rings. The number of aliphatic hydroxyl groups is 2. The summed E-state index contributed by atoms with van der Waals surface area (Å²) in [6.07, 6.45) is -5.41. The highest BCUT2D eigenvalue weighted by molar-refractivity contribution is 5.90. The zero-order valence-corrected chi connectivity index (χ0v) is 21.5. The first kappa shape index (κ1) is 28.4. The van der Waals surface area contributed by atoms with E-state index in [0.717, 1.165) is 5.56 Å². The molecule has 0 saturated carbocycles. The number of ether oxygens (including phenoxy) is 5. The molecule has 1 heterocycles. The van der Waals surface area contributed by atoms with Crippen LogP contribution in [0.2, 0.25) is 0 Å². The van der Waals surface area contributed by atoms with Crippen LogP contribution in [-0.2, 0) is 30.3 Å². The molecule has 0 aromatic heterocycles. The van der Waals surface area contributed by atoms with Crippen LogP contribution in [0.4, 0.5) is 0 Å². The Balaban J connectivity index is 1.66. The number of hydrogen-bond acceptors (Lipinski definition) is 9. The standard InChI is InChI=1S/C30H32O9/c1-35-29(33)24-19-37-30(34)26(39-28(32)22-15-9-4-10-16-22)23(18-36-17-20-11-5-2-6-12-20)25(24)38-27(31)21-13-7-3-8-14-21/h2-16,23-26,29-30,33-34H,17-19H2,1H3/t23?,24?,25-,26?,29?,30-/m0/s1. The fourth-order valence-electron chi connectivity index (χ4n) is 4.46. The summed E-state index contributed by atoms with van der Waals surface area (Å²) in [7, 11) is 1.30. The van der Waals surface area contributed by atoms with E-state index in [1.807, 2.05) is 30.3 Å². The first-order chi connectivity index (χ1) is 19.0. The number of hydrogen-bond donors (Lipinski definition) is 2. The molecule has 1 saturated heterocycles. The van der Waals surface area contributed by atoms with E-state index in [-0.39, 0.29) is 30.9 Å². The predicted molar refractivity (Wildman–Crippen MR) is 139 cm³/mol. The highest BCUT2D eigenvalue weighted by Crippen LogP contribution is 2.33. The molecule has 0 radical (unpaired) electrons. The molecular formula is C30H32O9. The third-order valence-electron chi connectivity index (χ3n) is 6.54. The molecule has 0 spiro atoms. The zero-order chi connectivity index (χ0) is 27.6. The summed E-state index contributed by atoms with van der Waals surface area (Å²) in [6, 6.07) is 26.1. The van der Waals surface area contributed by atoms with E-state index in [0.29, 0.717) is 0 Å². The first-order valence-corrected chi connectivity index (χ1v) is 12.6. The van der Waals surface area contributed by atoms with E-state index >= 15 is 0 Å². The van der Waals surface area contributed by atoms with Crippen molar-refractivity contribution in [3.63, 3.8) is 0 Å². The highest BCUT2D eigenvalue weighted by Gasteiger charge is 2.49. The fraction of sp³-hybridized carbons (Fsp3) is 0.333. The third-order valence-corrected chi connectivity index (χ3v) is 6.54. The van der Waals surface area contributed by atoms with Crippen molar-refractivity contribution in [3.05, 3.63) is 108 Å². The van der Waals surface area contributed by atoms with Crippen molar-refractivity contribution in [3.8, 4) is 0 Å². The van der Waals surface area contributed by atoms with Gasteiger partial charge in [0.15, 0.2) is 18.7 Å². The van der Waals surface area contributed by atoms with Crippen LogP contribution in [0.15, 0.2) is 91.0 Å². The van der Waals surface area contributed by atoms with Crippen molar-refractivity contribution >= 4 is 11.9 Å². The van der Waals surface area contributed by atoms with Crippen LogP contribution in [-0.4, -0.2) is 67.3 Å². The van der Waals surface area contributed by atoms with Crippen molar-refractivity contribution in [2.75, 3.05) is 20.3 Å². The van der Waals surface area contributed by atoms with Crippen LogP contribution < -0.4 is 0 Å².